The molecule has 122 valence electrons. The molecule has 5 heteroatoms. The Hall–Kier alpha value is -1.26. The minimum absolute atomic E-state index is 0.00539. The first-order chi connectivity index (χ1) is 10.7. The molecule has 2 amide bonds. The number of halogens is 1. The molecule has 1 aliphatic rings. The first-order valence-corrected chi connectivity index (χ1v) is 8.41. The van der Waals surface area contributed by atoms with E-state index in [-0.39, 0.29) is 6.03 Å². The average molecular weight is 325 g/mol. The number of carbonyl (C=O) groups is 1. The summed E-state index contributed by atoms with van der Waals surface area (Å²) in [6, 6.07) is 7.61. The van der Waals surface area contributed by atoms with Gasteiger partial charge in [-0.1, -0.05) is 23.7 Å². The Balaban J connectivity index is 1.74. The van der Waals surface area contributed by atoms with Gasteiger partial charge in [0.2, 0.25) is 0 Å². The first kappa shape index (κ1) is 17.1. The number of nitrogens with one attached hydrogen (secondary N) is 1. The number of amides is 2. The minimum atomic E-state index is -0.00539. The summed E-state index contributed by atoms with van der Waals surface area (Å²) in [5, 5.41) is 3.73. The van der Waals surface area contributed by atoms with Crippen molar-refractivity contribution < 1.29 is 9.53 Å². The third-order valence-electron chi connectivity index (χ3n) is 4.04. The Kier molecular flexibility index (Phi) is 7.00. The summed E-state index contributed by atoms with van der Waals surface area (Å²) < 4.78 is 5.46. The van der Waals surface area contributed by atoms with E-state index in [0.717, 1.165) is 31.6 Å². The number of carbonyl (C=O) groups excluding carboxylic acids is 1. The second-order valence-corrected chi connectivity index (χ2v) is 6.18. The van der Waals surface area contributed by atoms with Gasteiger partial charge in [-0.25, -0.2) is 4.79 Å². The molecule has 0 radical (unpaired) electrons. The van der Waals surface area contributed by atoms with Crippen LogP contribution in [0.3, 0.4) is 0 Å². The molecule has 0 unspecified atom stereocenters. The van der Waals surface area contributed by atoms with Crippen LogP contribution in [0.5, 0.6) is 0 Å². The number of urea groups is 1. The number of benzene rings is 1. The molecule has 0 aromatic heterocycles. The zero-order valence-electron chi connectivity index (χ0n) is 13.2. The minimum Gasteiger partial charge on any atom is -0.381 e. The molecule has 1 atom stereocenters. The van der Waals surface area contributed by atoms with E-state index in [1.807, 2.05) is 31.2 Å². The van der Waals surface area contributed by atoms with Gasteiger partial charge in [-0.3, -0.25) is 0 Å². The molecule has 1 aromatic rings. The Morgan fingerprint density at radius 2 is 2.18 bits per heavy atom. The fraction of sp³-hybridized carbons (Fsp3) is 0.588. The van der Waals surface area contributed by atoms with Crippen molar-refractivity contribution in [2.45, 2.75) is 32.7 Å². The van der Waals surface area contributed by atoms with Crippen LogP contribution in [0.4, 0.5) is 4.79 Å². The Bertz CT molecular complexity index is 458. The van der Waals surface area contributed by atoms with E-state index in [0.29, 0.717) is 30.6 Å². The van der Waals surface area contributed by atoms with E-state index >= 15 is 0 Å². The SMILES string of the molecule is CCN(Cc1ccc(Cl)cc1)C(=O)NCC[C@H]1CCCOC1. The molecular weight excluding hydrogens is 300 g/mol. The molecule has 1 heterocycles. The zero-order valence-corrected chi connectivity index (χ0v) is 13.9. The summed E-state index contributed by atoms with van der Waals surface area (Å²) in [5.41, 5.74) is 1.09. The van der Waals surface area contributed by atoms with Crippen molar-refractivity contribution in [1.29, 1.82) is 0 Å². The quantitative estimate of drug-likeness (QED) is 0.867. The van der Waals surface area contributed by atoms with Crippen molar-refractivity contribution >= 4 is 17.6 Å². The van der Waals surface area contributed by atoms with Crippen molar-refractivity contribution in [3.63, 3.8) is 0 Å². The molecule has 2 rings (SSSR count). The number of rotatable bonds is 6. The summed E-state index contributed by atoms with van der Waals surface area (Å²) in [6.45, 7) is 5.70. The summed E-state index contributed by atoms with van der Waals surface area (Å²) in [7, 11) is 0. The highest BCUT2D eigenvalue weighted by molar-refractivity contribution is 6.30. The van der Waals surface area contributed by atoms with E-state index < -0.39 is 0 Å². The predicted octanol–water partition coefficient (Wildman–Crippen LogP) is 3.69. The predicted molar refractivity (Wildman–Crippen MR) is 89.1 cm³/mol. The fourth-order valence-corrected chi connectivity index (χ4v) is 2.79. The maximum absolute atomic E-state index is 12.2. The lowest BCUT2D eigenvalue weighted by Crippen LogP contribution is -2.40. The van der Waals surface area contributed by atoms with Gasteiger partial charge in [0.15, 0.2) is 0 Å². The van der Waals surface area contributed by atoms with Crippen LogP contribution in [0, 0.1) is 5.92 Å². The molecule has 22 heavy (non-hydrogen) atoms. The molecule has 1 N–H and O–H groups in total. The molecular formula is C17H25ClN2O2. The fourth-order valence-electron chi connectivity index (χ4n) is 2.67. The van der Waals surface area contributed by atoms with Gasteiger partial charge in [0, 0.05) is 37.9 Å². The van der Waals surface area contributed by atoms with Crippen molar-refractivity contribution in [2.24, 2.45) is 5.92 Å². The van der Waals surface area contributed by atoms with E-state index in [2.05, 4.69) is 5.32 Å². The van der Waals surface area contributed by atoms with E-state index in [4.69, 9.17) is 16.3 Å². The summed E-state index contributed by atoms with van der Waals surface area (Å²) >= 11 is 5.88. The third-order valence-corrected chi connectivity index (χ3v) is 4.29. The van der Waals surface area contributed by atoms with Gasteiger partial charge in [-0.15, -0.1) is 0 Å². The Morgan fingerprint density at radius 1 is 1.41 bits per heavy atom. The van der Waals surface area contributed by atoms with Crippen LogP contribution in [-0.2, 0) is 11.3 Å². The molecule has 0 bridgehead atoms. The summed E-state index contributed by atoms with van der Waals surface area (Å²) in [5.74, 6) is 0.584. The molecule has 0 spiro atoms. The van der Waals surface area contributed by atoms with Gasteiger partial charge in [-0.05, 0) is 49.8 Å². The third kappa shape index (κ3) is 5.50. The molecule has 4 nitrogen and oxygen atoms in total. The lowest BCUT2D eigenvalue weighted by atomic mass is 9.99. The van der Waals surface area contributed by atoms with Gasteiger partial charge in [0.1, 0.15) is 0 Å². The van der Waals surface area contributed by atoms with Crippen molar-refractivity contribution in [2.75, 3.05) is 26.3 Å². The van der Waals surface area contributed by atoms with Gasteiger partial charge in [0.05, 0.1) is 0 Å². The van der Waals surface area contributed by atoms with Crippen LogP contribution in [-0.4, -0.2) is 37.2 Å². The van der Waals surface area contributed by atoms with Gasteiger partial charge >= 0.3 is 6.03 Å². The van der Waals surface area contributed by atoms with E-state index in [1.54, 1.807) is 4.90 Å². The first-order valence-electron chi connectivity index (χ1n) is 8.04. The summed E-state index contributed by atoms with van der Waals surface area (Å²) in [6.07, 6.45) is 3.33. The molecule has 1 saturated heterocycles. The number of hydrogen-bond acceptors (Lipinski definition) is 2. The smallest absolute Gasteiger partial charge is 0.317 e. The molecule has 0 aliphatic carbocycles. The Labute approximate surface area is 137 Å². The van der Waals surface area contributed by atoms with Crippen LogP contribution in [0.15, 0.2) is 24.3 Å². The molecule has 1 fully saturated rings. The highest BCUT2D eigenvalue weighted by Crippen LogP contribution is 2.16. The van der Waals surface area contributed by atoms with Gasteiger partial charge < -0.3 is 15.0 Å². The zero-order chi connectivity index (χ0) is 15.8. The maximum atomic E-state index is 12.2. The van der Waals surface area contributed by atoms with Crippen molar-refractivity contribution in [3.05, 3.63) is 34.9 Å². The van der Waals surface area contributed by atoms with Crippen LogP contribution in [0.1, 0.15) is 31.7 Å². The Morgan fingerprint density at radius 3 is 2.82 bits per heavy atom. The monoisotopic (exact) mass is 324 g/mol. The van der Waals surface area contributed by atoms with Crippen molar-refractivity contribution in [3.8, 4) is 0 Å². The van der Waals surface area contributed by atoms with Gasteiger partial charge in [-0.2, -0.15) is 0 Å². The lowest BCUT2D eigenvalue weighted by Gasteiger charge is -2.24. The van der Waals surface area contributed by atoms with Crippen LogP contribution in [0.25, 0.3) is 0 Å². The van der Waals surface area contributed by atoms with E-state index in [1.165, 1.54) is 6.42 Å². The lowest BCUT2D eigenvalue weighted by molar-refractivity contribution is 0.0518. The summed E-state index contributed by atoms with van der Waals surface area (Å²) in [4.78, 5) is 14.1. The van der Waals surface area contributed by atoms with Gasteiger partial charge in [0.25, 0.3) is 0 Å². The highest BCUT2D eigenvalue weighted by Gasteiger charge is 2.15. The van der Waals surface area contributed by atoms with Crippen LogP contribution in [0.2, 0.25) is 5.02 Å². The van der Waals surface area contributed by atoms with Crippen LogP contribution < -0.4 is 5.32 Å². The number of nitrogens with zero attached hydrogens (tertiary/aromatic N) is 1. The van der Waals surface area contributed by atoms with E-state index in [9.17, 15) is 4.79 Å². The second kappa shape index (κ2) is 9.01. The topological polar surface area (TPSA) is 41.6 Å². The standard InChI is InChI=1S/C17H25ClN2O2/c1-2-20(12-14-5-7-16(18)8-6-14)17(21)19-10-9-15-4-3-11-22-13-15/h5-8,15H,2-4,9-13H2,1H3,(H,19,21)/t15-/m1/s1. The number of hydrogen-bond donors (Lipinski definition) is 1. The highest BCUT2D eigenvalue weighted by atomic mass is 35.5. The van der Waals surface area contributed by atoms with Crippen LogP contribution >= 0.6 is 11.6 Å². The molecule has 1 aromatic carbocycles. The second-order valence-electron chi connectivity index (χ2n) is 5.74. The largest absolute Gasteiger partial charge is 0.381 e. The normalized spacial score (nSPS) is 18.0. The molecule has 1 aliphatic heterocycles. The average Bonchev–Trinajstić information content (AvgIpc) is 2.55. The van der Waals surface area contributed by atoms with Crippen molar-refractivity contribution in [1.82, 2.24) is 10.2 Å². The maximum Gasteiger partial charge on any atom is 0.317 e. The molecule has 0 saturated carbocycles. The number of ether oxygens (including phenoxy) is 1.